The highest BCUT2D eigenvalue weighted by molar-refractivity contribution is 5.90. The maximum atomic E-state index is 13.8. The van der Waals surface area contributed by atoms with Gasteiger partial charge in [-0.15, -0.1) is 0 Å². The highest BCUT2D eigenvalue weighted by Crippen LogP contribution is 2.27. The lowest BCUT2D eigenvalue weighted by Gasteiger charge is -2.26. The Kier molecular flexibility index (Phi) is 6.98. The third kappa shape index (κ3) is 5.63. The van der Waals surface area contributed by atoms with Crippen LogP contribution in [0.15, 0.2) is 54.7 Å². The van der Waals surface area contributed by atoms with Gasteiger partial charge in [0.05, 0.1) is 18.9 Å². The van der Waals surface area contributed by atoms with Gasteiger partial charge in [0.25, 0.3) is 5.91 Å². The van der Waals surface area contributed by atoms with Crippen LogP contribution in [0, 0.1) is 11.6 Å². The summed E-state index contributed by atoms with van der Waals surface area (Å²) in [7, 11) is 0. The molecule has 4 rings (SSSR count). The minimum Gasteiger partial charge on any atom is -0.454 e. The maximum Gasteiger partial charge on any atom is 0.289 e. The molecule has 0 radical (unpaired) electrons. The molecule has 1 aliphatic rings. The van der Waals surface area contributed by atoms with Gasteiger partial charge >= 0.3 is 0 Å². The predicted molar refractivity (Wildman–Crippen MR) is 113 cm³/mol. The third-order valence-corrected chi connectivity index (χ3v) is 4.95. The molecule has 1 saturated heterocycles. The number of benzene rings is 2. The van der Waals surface area contributed by atoms with Crippen LogP contribution in [-0.2, 0) is 4.74 Å². The van der Waals surface area contributed by atoms with Gasteiger partial charge < -0.3 is 14.8 Å². The Morgan fingerprint density at radius 3 is 2.62 bits per heavy atom. The van der Waals surface area contributed by atoms with Crippen LogP contribution in [0.2, 0.25) is 0 Å². The van der Waals surface area contributed by atoms with Gasteiger partial charge in [-0.05, 0) is 42.5 Å². The summed E-state index contributed by atoms with van der Waals surface area (Å²) in [5.41, 5.74) is 1.31. The third-order valence-electron chi connectivity index (χ3n) is 4.95. The summed E-state index contributed by atoms with van der Waals surface area (Å²) in [6.07, 6.45) is 1.53. The van der Waals surface area contributed by atoms with Crippen molar-refractivity contribution in [2.24, 2.45) is 0 Å². The van der Waals surface area contributed by atoms with Gasteiger partial charge in [0, 0.05) is 44.0 Å². The Labute approximate surface area is 184 Å². The van der Waals surface area contributed by atoms with Crippen LogP contribution in [0.4, 0.5) is 8.78 Å². The number of ether oxygens (including phenoxy) is 2. The average Bonchev–Trinajstić information content (AvgIpc) is 2.82. The van der Waals surface area contributed by atoms with E-state index in [4.69, 9.17) is 9.47 Å². The van der Waals surface area contributed by atoms with E-state index in [-0.39, 0.29) is 17.5 Å². The van der Waals surface area contributed by atoms with Crippen molar-refractivity contribution in [2.75, 3.05) is 39.4 Å². The van der Waals surface area contributed by atoms with E-state index in [1.54, 1.807) is 30.3 Å². The molecule has 9 heteroatoms. The van der Waals surface area contributed by atoms with Crippen LogP contribution in [0.3, 0.4) is 0 Å². The van der Waals surface area contributed by atoms with Crippen LogP contribution in [0.1, 0.15) is 10.6 Å². The summed E-state index contributed by atoms with van der Waals surface area (Å²) in [6, 6.07) is 11.6. The summed E-state index contributed by atoms with van der Waals surface area (Å²) >= 11 is 0. The number of carbonyl (C=O) groups is 1. The van der Waals surface area contributed by atoms with E-state index >= 15 is 0 Å². The fourth-order valence-corrected chi connectivity index (χ4v) is 3.24. The molecule has 1 aliphatic heterocycles. The van der Waals surface area contributed by atoms with Crippen molar-refractivity contribution in [1.82, 2.24) is 20.2 Å². The summed E-state index contributed by atoms with van der Waals surface area (Å²) in [6.45, 7) is 4.37. The predicted octanol–water partition coefficient (Wildman–Crippen LogP) is 3.28. The van der Waals surface area contributed by atoms with Crippen LogP contribution in [0.25, 0.3) is 11.3 Å². The molecule has 0 atom stereocenters. The Morgan fingerprint density at radius 2 is 1.88 bits per heavy atom. The molecule has 0 spiro atoms. The molecule has 1 fully saturated rings. The minimum absolute atomic E-state index is 0.0720. The molecule has 0 saturated carbocycles. The summed E-state index contributed by atoms with van der Waals surface area (Å²) in [5, 5.41) is 2.84. The molecule has 32 heavy (non-hydrogen) atoms. The standard InChI is InChI=1S/C23H22F2N4O3/c24-17-3-6-21(19(25)15-17)32-18-4-1-16(2-5-18)20-7-8-26-22(28-20)23(30)27-9-10-29-11-13-31-14-12-29/h1-8,15H,9-14H2,(H,27,30). The van der Waals surface area contributed by atoms with E-state index in [0.29, 0.717) is 31.2 Å². The zero-order valence-electron chi connectivity index (χ0n) is 17.3. The van der Waals surface area contributed by atoms with Crippen molar-refractivity contribution in [3.8, 4) is 22.8 Å². The van der Waals surface area contributed by atoms with E-state index in [1.165, 1.54) is 12.3 Å². The largest absolute Gasteiger partial charge is 0.454 e. The van der Waals surface area contributed by atoms with Crippen LogP contribution < -0.4 is 10.1 Å². The number of halogens is 2. The molecule has 0 unspecified atom stereocenters. The lowest BCUT2D eigenvalue weighted by Crippen LogP contribution is -2.41. The Hall–Kier alpha value is -3.43. The van der Waals surface area contributed by atoms with Gasteiger partial charge in [0.2, 0.25) is 5.82 Å². The molecule has 2 aromatic carbocycles. The van der Waals surface area contributed by atoms with E-state index in [1.807, 2.05) is 0 Å². The first-order valence-electron chi connectivity index (χ1n) is 10.2. The smallest absolute Gasteiger partial charge is 0.289 e. The zero-order chi connectivity index (χ0) is 22.3. The number of morpholine rings is 1. The molecular formula is C23H22F2N4O3. The molecule has 1 aromatic heterocycles. The van der Waals surface area contributed by atoms with Crippen molar-refractivity contribution in [3.05, 3.63) is 72.2 Å². The first-order chi connectivity index (χ1) is 15.6. The fraction of sp³-hybridized carbons (Fsp3) is 0.261. The second kappa shape index (κ2) is 10.3. The molecule has 7 nitrogen and oxygen atoms in total. The van der Waals surface area contributed by atoms with Gasteiger partial charge in [0.15, 0.2) is 11.6 Å². The van der Waals surface area contributed by atoms with E-state index in [0.717, 1.165) is 37.3 Å². The molecule has 1 N–H and O–H groups in total. The minimum atomic E-state index is -0.783. The highest BCUT2D eigenvalue weighted by Gasteiger charge is 2.13. The van der Waals surface area contributed by atoms with Crippen molar-refractivity contribution in [3.63, 3.8) is 0 Å². The van der Waals surface area contributed by atoms with Crippen molar-refractivity contribution in [1.29, 1.82) is 0 Å². The topological polar surface area (TPSA) is 76.6 Å². The molecule has 2 heterocycles. The van der Waals surface area contributed by atoms with E-state index < -0.39 is 11.6 Å². The fourth-order valence-electron chi connectivity index (χ4n) is 3.24. The second-order valence-electron chi connectivity index (χ2n) is 7.18. The molecule has 166 valence electrons. The van der Waals surface area contributed by atoms with Gasteiger partial charge in [0.1, 0.15) is 11.6 Å². The average molecular weight is 440 g/mol. The summed E-state index contributed by atoms with van der Waals surface area (Å²) in [4.78, 5) is 23.1. The SMILES string of the molecule is O=C(NCCN1CCOCC1)c1nccc(-c2ccc(Oc3ccc(F)cc3F)cc2)n1. The number of rotatable bonds is 7. The highest BCUT2D eigenvalue weighted by atomic mass is 19.1. The van der Waals surface area contributed by atoms with Gasteiger partial charge in [-0.3, -0.25) is 9.69 Å². The number of carbonyl (C=O) groups excluding carboxylic acids is 1. The second-order valence-corrected chi connectivity index (χ2v) is 7.18. The lowest BCUT2D eigenvalue weighted by atomic mass is 10.1. The van der Waals surface area contributed by atoms with Crippen molar-refractivity contribution in [2.45, 2.75) is 0 Å². The summed E-state index contributed by atoms with van der Waals surface area (Å²) < 4.78 is 37.6. The van der Waals surface area contributed by atoms with Gasteiger partial charge in [-0.1, -0.05) is 0 Å². The number of nitrogens with one attached hydrogen (secondary N) is 1. The normalized spacial score (nSPS) is 14.2. The molecule has 0 aliphatic carbocycles. The number of hydrogen-bond acceptors (Lipinski definition) is 6. The van der Waals surface area contributed by atoms with E-state index in [2.05, 4.69) is 20.2 Å². The van der Waals surface area contributed by atoms with Crippen molar-refractivity contribution < 1.29 is 23.0 Å². The lowest BCUT2D eigenvalue weighted by molar-refractivity contribution is 0.0383. The Balaban J connectivity index is 1.37. The van der Waals surface area contributed by atoms with Gasteiger partial charge in [-0.2, -0.15) is 0 Å². The first-order valence-corrected chi connectivity index (χ1v) is 10.2. The first kappa shape index (κ1) is 21.8. The molecular weight excluding hydrogens is 418 g/mol. The van der Waals surface area contributed by atoms with Crippen LogP contribution in [-0.4, -0.2) is 60.2 Å². The quantitative estimate of drug-likeness (QED) is 0.608. The number of nitrogens with zero attached hydrogens (tertiary/aromatic N) is 3. The van der Waals surface area contributed by atoms with Crippen LogP contribution in [0.5, 0.6) is 11.5 Å². The summed E-state index contributed by atoms with van der Waals surface area (Å²) in [5.74, 6) is -1.40. The maximum absolute atomic E-state index is 13.8. The Morgan fingerprint density at radius 1 is 1.09 bits per heavy atom. The molecule has 1 amide bonds. The van der Waals surface area contributed by atoms with Crippen LogP contribution >= 0.6 is 0 Å². The number of hydrogen-bond donors (Lipinski definition) is 1. The number of aromatic nitrogens is 2. The molecule has 0 bridgehead atoms. The van der Waals surface area contributed by atoms with Crippen molar-refractivity contribution >= 4 is 5.91 Å². The van der Waals surface area contributed by atoms with E-state index in [9.17, 15) is 13.6 Å². The van der Waals surface area contributed by atoms with Gasteiger partial charge in [-0.25, -0.2) is 18.7 Å². The number of amides is 1. The molecule has 3 aromatic rings. The zero-order valence-corrected chi connectivity index (χ0v) is 17.3. The Bertz CT molecular complexity index is 1070. The monoisotopic (exact) mass is 440 g/mol.